The Morgan fingerprint density at radius 2 is 2.07 bits per heavy atom. The molecule has 2 atom stereocenters. The molecule has 0 bridgehead atoms. The molecule has 1 saturated heterocycles. The fourth-order valence-corrected chi connectivity index (χ4v) is 1.40. The number of amides is 2. The summed E-state index contributed by atoms with van der Waals surface area (Å²) in [5, 5.41) is 37.0. The Balaban J connectivity index is 2.99. The Labute approximate surface area is 85.9 Å². The maximum atomic E-state index is 11.4. The van der Waals surface area contributed by atoms with Gasteiger partial charge < -0.3 is 25.2 Å². The van der Waals surface area contributed by atoms with Crippen molar-refractivity contribution in [3.05, 3.63) is 0 Å². The Hall–Kier alpha value is -0.930. The quantitative estimate of drug-likeness (QED) is 0.395. The van der Waals surface area contributed by atoms with Gasteiger partial charge in [0, 0.05) is 6.61 Å². The van der Waals surface area contributed by atoms with E-state index in [4.69, 9.17) is 14.9 Å². The first-order valence-electron chi connectivity index (χ1n) is 4.37. The van der Waals surface area contributed by atoms with E-state index in [9.17, 15) is 15.0 Å². The number of aliphatic hydroxyl groups is 4. The first-order chi connectivity index (χ1) is 7.02. The second-order valence-corrected chi connectivity index (χ2v) is 2.93. The second kappa shape index (κ2) is 4.29. The van der Waals surface area contributed by atoms with Gasteiger partial charge in [0.15, 0.2) is 0 Å². The zero-order valence-electron chi connectivity index (χ0n) is 8.20. The van der Waals surface area contributed by atoms with Gasteiger partial charge in [-0.25, -0.2) is 9.69 Å². The number of rotatable bonds is 4. The lowest BCUT2D eigenvalue weighted by Crippen LogP contribution is -2.54. The van der Waals surface area contributed by atoms with Crippen LogP contribution in [0, 0.1) is 0 Å². The molecule has 1 heterocycles. The van der Waals surface area contributed by atoms with Crippen LogP contribution in [0.4, 0.5) is 4.79 Å². The van der Waals surface area contributed by atoms with Gasteiger partial charge in [-0.3, -0.25) is 4.90 Å². The van der Waals surface area contributed by atoms with Crippen molar-refractivity contribution in [3.63, 3.8) is 0 Å². The number of urea groups is 1. The van der Waals surface area contributed by atoms with Crippen LogP contribution in [0.5, 0.6) is 0 Å². The molecule has 8 heteroatoms. The standard InChI is InChI=1S/C7H14N2O6/c1-2-15-7(14)5(12)8(3-10)6(13)9(7)4-11/h5,10-12,14H,2-4H2,1H3. The second-order valence-electron chi connectivity index (χ2n) is 2.93. The van der Waals surface area contributed by atoms with E-state index < -0.39 is 31.6 Å². The van der Waals surface area contributed by atoms with Gasteiger partial charge >= 0.3 is 11.9 Å². The molecule has 88 valence electrons. The molecule has 2 amide bonds. The van der Waals surface area contributed by atoms with Crippen LogP contribution in [0.25, 0.3) is 0 Å². The van der Waals surface area contributed by atoms with Crippen molar-refractivity contribution in [1.82, 2.24) is 9.80 Å². The Morgan fingerprint density at radius 3 is 2.47 bits per heavy atom. The van der Waals surface area contributed by atoms with E-state index in [1.54, 1.807) is 6.92 Å². The number of hydrogen-bond acceptors (Lipinski definition) is 6. The fraction of sp³-hybridized carbons (Fsp3) is 0.857. The Kier molecular flexibility index (Phi) is 3.47. The SMILES string of the molecule is CCOC1(O)C(O)N(CO)C(=O)N1CO. The summed E-state index contributed by atoms with van der Waals surface area (Å²) in [6.07, 6.45) is -1.75. The van der Waals surface area contributed by atoms with E-state index in [-0.39, 0.29) is 6.61 Å². The molecule has 0 aromatic carbocycles. The van der Waals surface area contributed by atoms with Crippen molar-refractivity contribution >= 4 is 6.03 Å². The molecule has 1 fully saturated rings. The molecule has 1 rings (SSSR count). The predicted octanol–water partition coefficient (Wildman–Crippen LogP) is -2.38. The van der Waals surface area contributed by atoms with Gasteiger partial charge in [0.25, 0.3) is 0 Å². The average molecular weight is 222 g/mol. The molecule has 0 aromatic rings. The molecular weight excluding hydrogens is 208 g/mol. The third kappa shape index (κ3) is 1.66. The Morgan fingerprint density at radius 1 is 1.47 bits per heavy atom. The normalized spacial score (nSPS) is 31.5. The first kappa shape index (κ1) is 12.1. The summed E-state index contributed by atoms with van der Waals surface area (Å²) < 4.78 is 4.81. The largest absolute Gasteiger partial charge is 0.376 e. The number of ether oxygens (including phenoxy) is 1. The summed E-state index contributed by atoms with van der Waals surface area (Å²) in [6, 6.07) is -0.913. The summed E-state index contributed by atoms with van der Waals surface area (Å²) in [7, 11) is 0. The van der Waals surface area contributed by atoms with Gasteiger partial charge in [0.1, 0.15) is 13.5 Å². The summed E-state index contributed by atoms with van der Waals surface area (Å²) in [5.41, 5.74) is 0. The lowest BCUT2D eigenvalue weighted by Gasteiger charge is -2.31. The number of carbonyl (C=O) groups is 1. The minimum atomic E-state index is -2.33. The third-order valence-electron chi connectivity index (χ3n) is 2.15. The molecule has 15 heavy (non-hydrogen) atoms. The molecule has 8 nitrogen and oxygen atoms in total. The van der Waals surface area contributed by atoms with E-state index in [1.807, 2.05) is 0 Å². The van der Waals surface area contributed by atoms with E-state index in [2.05, 4.69) is 0 Å². The maximum Gasteiger partial charge on any atom is 0.330 e. The van der Waals surface area contributed by atoms with E-state index >= 15 is 0 Å². The zero-order valence-corrected chi connectivity index (χ0v) is 8.20. The predicted molar refractivity (Wildman–Crippen MR) is 45.8 cm³/mol. The minimum absolute atomic E-state index is 0.0244. The summed E-state index contributed by atoms with van der Waals surface area (Å²) in [4.78, 5) is 12.5. The molecule has 0 saturated carbocycles. The zero-order chi connectivity index (χ0) is 11.6. The highest BCUT2D eigenvalue weighted by molar-refractivity contribution is 5.77. The van der Waals surface area contributed by atoms with Crippen molar-refractivity contribution in [2.24, 2.45) is 0 Å². The van der Waals surface area contributed by atoms with Crippen LogP contribution in [0.15, 0.2) is 0 Å². The van der Waals surface area contributed by atoms with Gasteiger partial charge in [-0.2, -0.15) is 0 Å². The molecule has 1 aliphatic heterocycles. The maximum absolute atomic E-state index is 11.4. The van der Waals surface area contributed by atoms with Gasteiger partial charge in [-0.15, -0.1) is 0 Å². The molecule has 0 aromatic heterocycles. The number of carbonyl (C=O) groups excluding carboxylic acids is 1. The van der Waals surface area contributed by atoms with E-state index in [1.165, 1.54) is 0 Å². The lowest BCUT2D eigenvalue weighted by molar-refractivity contribution is -0.323. The molecule has 2 unspecified atom stereocenters. The van der Waals surface area contributed by atoms with E-state index in [0.717, 1.165) is 0 Å². The van der Waals surface area contributed by atoms with Gasteiger partial charge in [0.05, 0.1) is 0 Å². The van der Waals surface area contributed by atoms with Gasteiger partial charge in [-0.1, -0.05) is 0 Å². The molecule has 4 N–H and O–H groups in total. The first-order valence-corrected chi connectivity index (χ1v) is 4.37. The summed E-state index contributed by atoms with van der Waals surface area (Å²) in [6.45, 7) is -0.0439. The highest BCUT2D eigenvalue weighted by Crippen LogP contribution is 2.29. The van der Waals surface area contributed by atoms with Crippen LogP contribution < -0.4 is 0 Å². The van der Waals surface area contributed by atoms with Crippen LogP contribution in [0.2, 0.25) is 0 Å². The smallest absolute Gasteiger partial charge is 0.330 e. The van der Waals surface area contributed by atoms with Crippen LogP contribution in [-0.2, 0) is 4.74 Å². The van der Waals surface area contributed by atoms with Crippen LogP contribution in [-0.4, -0.2) is 68.5 Å². The highest BCUT2D eigenvalue weighted by atomic mass is 16.7. The molecule has 0 radical (unpaired) electrons. The van der Waals surface area contributed by atoms with Gasteiger partial charge in [0.2, 0.25) is 6.23 Å². The van der Waals surface area contributed by atoms with Crippen LogP contribution in [0.1, 0.15) is 6.92 Å². The number of aliphatic hydroxyl groups excluding tert-OH is 3. The highest BCUT2D eigenvalue weighted by Gasteiger charge is 2.57. The third-order valence-corrected chi connectivity index (χ3v) is 2.15. The van der Waals surface area contributed by atoms with Crippen molar-refractivity contribution in [2.45, 2.75) is 19.1 Å². The van der Waals surface area contributed by atoms with Crippen molar-refractivity contribution in [3.8, 4) is 0 Å². The van der Waals surface area contributed by atoms with Gasteiger partial charge in [-0.05, 0) is 6.92 Å². The minimum Gasteiger partial charge on any atom is -0.376 e. The summed E-state index contributed by atoms with van der Waals surface area (Å²) in [5.74, 6) is -2.33. The molecule has 0 aliphatic carbocycles. The summed E-state index contributed by atoms with van der Waals surface area (Å²) >= 11 is 0. The molecule has 0 spiro atoms. The van der Waals surface area contributed by atoms with E-state index in [0.29, 0.717) is 9.80 Å². The molecular formula is C7H14N2O6. The average Bonchev–Trinajstić information content (AvgIpc) is 2.36. The monoisotopic (exact) mass is 222 g/mol. The van der Waals surface area contributed by atoms with Crippen molar-refractivity contribution in [2.75, 3.05) is 20.1 Å². The lowest BCUT2D eigenvalue weighted by atomic mass is 10.4. The van der Waals surface area contributed by atoms with Crippen molar-refractivity contribution in [1.29, 1.82) is 0 Å². The Bertz CT molecular complexity index is 250. The fourth-order valence-electron chi connectivity index (χ4n) is 1.40. The topological polar surface area (TPSA) is 114 Å². The van der Waals surface area contributed by atoms with Crippen molar-refractivity contribution < 1.29 is 30.0 Å². The molecule has 1 aliphatic rings. The van der Waals surface area contributed by atoms with Crippen LogP contribution in [0.3, 0.4) is 0 Å². The number of nitrogens with zero attached hydrogens (tertiary/aromatic N) is 2. The number of hydrogen-bond donors (Lipinski definition) is 4. The van der Waals surface area contributed by atoms with Crippen LogP contribution >= 0.6 is 0 Å².